The molecule has 0 amide bonds. The van der Waals surface area contributed by atoms with Crippen LogP contribution >= 0.6 is 12.4 Å². The number of rotatable bonds is 4. The van der Waals surface area contributed by atoms with Crippen molar-refractivity contribution in [2.45, 2.75) is 30.7 Å². The highest BCUT2D eigenvalue weighted by atomic mass is 35.5. The number of hydrogen-bond donors (Lipinski definition) is 1. The third-order valence-corrected chi connectivity index (χ3v) is 5.95. The number of nitro benzene ring substituents is 1. The maximum atomic E-state index is 13.9. The minimum absolute atomic E-state index is 0. The van der Waals surface area contributed by atoms with Crippen LogP contribution in [0.2, 0.25) is 0 Å². The van der Waals surface area contributed by atoms with E-state index in [9.17, 15) is 22.9 Å². The zero-order valence-electron chi connectivity index (χ0n) is 12.5. The van der Waals surface area contributed by atoms with Gasteiger partial charge in [0.25, 0.3) is 15.7 Å². The SMILES string of the molecule is CC(N)C1CCN(S(=O)(=O)c2c(F)cccc2[N+](=O)[O-])CC1.Cl. The summed E-state index contributed by atoms with van der Waals surface area (Å²) >= 11 is 0. The van der Waals surface area contributed by atoms with Gasteiger partial charge in [0.05, 0.1) is 4.92 Å². The maximum Gasteiger partial charge on any atom is 0.292 e. The van der Waals surface area contributed by atoms with Crippen molar-refractivity contribution in [2.24, 2.45) is 11.7 Å². The maximum absolute atomic E-state index is 13.9. The van der Waals surface area contributed by atoms with Gasteiger partial charge in [0.2, 0.25) is 0 Å². The van der Waals surface area contributed by atoms with Crippen LogP contribution in [0.4, 0.5) is 10.1 Å². The van der Waals surface area contributed by atoms with E-state index in [4.69, 9.17) is 5.73 Å². The predicted molar refractivity (Wildman–Crippen MR) is 85.4 cm³/mol. The number of benzene rings is 1. The highest BCUT2D eigenvalue weighted by molar-refractivity contribution is 7.89. The van der Waals surface area contributed by atoms with Crippen LogP contribution in [0.15, 0.2) is 23.1 Å². The van der Waals surface area contributed by atoms with E-state index in [0.717, 1.165) is 22.5 Å². The summed E-state index contributed by atoms with van der Waals surface area (Å²) in [5.74, 6) is -0.912. The number of sulfonamides is 1. The van der Waals surface area contributed by atoms with Crippen LogP contribution in [0.5, 0.6) is 0 Å². The molecule has 2 N–H and O–H groups in total. The highest BCUT2D eigenvalue weighted by Crippen LogP contribution is 2.31. The molecule has 1 heterocycles. The lowest BCUT2D eigenvalue weighted by molar-refractivity contribution is -0.388. The van der Waals surface area contributed by atoms with E-state index in [-0.39, 0.29) is 37.5 Å². The summed E-state index contributed by atoms with van der Waals surface area (Å²) in [5, 5.41) is 11.0. The summed E-state index contributed by atoms with van der Waals surface area (Å²) in [4.78, 5) is 9.24. The van der Waals surface area contributed by atoms with E-state index in [1.54, 1.807) is 0 Å². The topological polar surface area (TPSA) is 107 Å². The van der Waals surface area contributed by atoms with E-state index in [0.29, 0.717) is 12.8 Å². The second-order valence-electron chi connectivity index (χ2n) is 5.45. The first kappa shape index (κ1) is 19.8. The summed E-state index contributed by atoms with van der Waals surface area (Å²) in [6, 6.07) is 2.97. The number of nitrogens with two attached hydrogens (primary N) is 1. The Morgan fingerprint density at radius 2 is 1.96 bits per heavy atom. The molecule has 1 fully saturated rings. The molecular formula is C13H19ClFN3O4S. The van der Waals surface area contributed by atoms with Gasteiger partial charge in [0.15, 0.2) is 4.90 Å². The van der Waals surface area contributed by atoms with Crippen molar-refractivity contribution in [3.63, 3.8) is 0 Å². The average molecular weight is 368 g/mol. The zero-order valence-corrected chi connectivity index (χ0v) is 14.1. The number of hydrogen-bond acceptors (Lipinski definition) is 5. The number of nitro groups is 1. The van der Waals surface area contributed by atoms with Gasteiger partial charge in [0, 0.05) is 25.2 Å². The largest absolute Gasteiger partial charge is 0.328 e. The van der Waals surface area contributed by atoms with Gasteiger partial charge in [-0.15, -0.1) is 12.4 Å². The molecule has 7 nitrogen and oxygen atoms in total. The summed E-state index contributed by atoms with van der Waals surface area (Å²) < 4.78 is 40.2. The fraction of sp³-hybridized carbons (Fsp3) is 0.538. The Labute approximate surface area is 140 Å². The molecule has 23 heavy (non-hydrogen) atoms. The van der Waals surface area contributed by atoms with Gasteiger partial charge in [-0.3, -0.25) is 10.1 Å². The van der Waals surface area contributed by atoms with E-state index in [1.807, 2.05) is 6.92 Å². The molecule has 0 bridgehead atoms. The van der Waals surface area contributed by atoms with E-state index in [1.165, 1.54) is 0 Å². The van der Waals surface area contributed by atoms with Gasteiger partial charge in [-0.25, -0.2) is 12.8 Å². The summed E-state index contributed by atoms with van der Waals surface area (Å²) in [6.45, 7) is 2.22. The molecule has 1 saturated heterocycles. The Kier molecular flexibility index (Phi) is 6.46. The van der Waals surface area contributed by atoms with Gasteiger partial charge in [-0.2, -0.15) is 4.31 Å². The lowest BCUT2D eigenvalue weighted by Gasteiger charge is -2.32. The lowest BCUT2D eigenvalue weighted by Crippen LogP contribution is -2.42. The lowest BCUT2D eigenvalue weighted by atomic mass is 9.92. The number of halogens is 2. The van der Waals surface area contributed by atoms with Crippen LogP contribution in [0.25, 0.3) is 0 Å². The second-order valence-corrected chi connectivity index (χ2v) is 7.32. The zero-order chi connectivity index (χ0) is 16.5. The normalized spacial score (nSPS) is 18.2. The van der Waals surface area contributed by atoms with Gasteiger partial charge in [0.1, 0.15) is 5.82 Å². The van der Waals surface area contributed by atoms with Gasteiger partial charge < -0.3 is 5.73 Å². The summed E-state index contributed by atoms with van der Waals surface area (Å²) in [6.07, 6.45) is 1.11. The standard InChI is InChI=1S/C13H18FN3O4S.ClH/c1-9(15)10-5-7-16(8-6-10)22(20,21)13-11(14)3-2-4-12(13)17(18)19;/h2-4,9-10H,5-8,15H2,1H3;1H. The molecule has 1 aliphatic heterocycles. The second kappa shape index (κ2) is 7.52. The average Bonchev–Trinajstić information content (AvgIpc) is 2.46. The third-order valence-electron chi connectivity index (χ3n) is 3.98. The van der Waals surface area contributed by atoms with E-state index in [2.05, 4.69) is 0 Å². The van der Waals surface area contributed by atoms with Crippen molar-refractivity contribution >= 4 is 28.1 Å². The van der Waals surface area contributed by atoms with Crippen molar-refractivity contribution in [2.75, 3.05) is 13.1 Å². The summed E-state index contributed by atoms with van der Waals surface area (Å²) in [7, 11) is -4.24. The van der Waals surface area contributed by atoms with E-state index < -0.39 is 31.3 Å². The molecule has 0 aromatic heterocycles. The minimum atomic E-state index is -4.24. The first-order valence-electron chi connectivity index (χ1n) is 6.93. The van der Waals surface area contributed by atoms with Crippen LogP contribution < -0.4 is 5.73 Å². The Hall–Kier alpha value is -1.29. The van der Waals surface area contributed by atoms with Crippen LogP contribution in [0.3, 0.4) is 0 Å². The minimum Gasteiger partial charge on any atom is -0.328 e. The third kappa shape index (κ3) is 3.97. The van der Waals surface area contributed by atoms with Crippen molar-refractivity contribution < 1.29 is 17.7 Å². The Balaban J connectivity index is 0.00000264. The molecule has 0 radical (unpaired) electrons. The Bertz CT molecular complexity index is 676. The predicted octanol–water partition coefficient (Wildman–Crippen LogP) is 1.90. The van der Waals surface area contributed by atoms with Gasteiger partial charge in [-0.05, 0) is 31.7 Å². The molecule has 0 aliphatic carbocycles. The molecule has 2 rings (SSSR count). The fourth-order valence-corrected chi connectivity index (χ4v) is 4.34. The molecule has 130 valence electrons. The summed E-state index contributed by atoms with van der Waals surface area (Å²) in [5.41, 5.74) is 5.06. The molecule has 1 aromatic rings. The monoisotopic (exact) mass is 367 g/mol. The fourth-order valence-electron chi connectivity index (χ4n) is 2.67. The smallest absolute Gasteiger partial charge is 0.292 e. The highest BCUT2D eigenvalue weighted by Gasteiger charge is 2.37. The quantitative estimate of drug-likeness (QED) is 0.646. The van der Waals surface area contributed by atoms with Gasteiger partial charge in [-0.1, -0.05) is 6.07 Å². The molecule has 1 atom stereocenters. The molecule has 10 heteroatoms. The first-order valence-corrected chi connectivity index (χ1v) is 8.37. The van der Waals surface area contributed by atoms with Crippen LogP contribution in [-0.4, -0.2) is 36.8 Å². The molecule has 0 spiro atoms. The Morgan fingerprint density at radius 3 is 2.43 bits per heavy atom. The molecule has 1 aromatic carbocycles. The number of nitrogens with zero attached hydrogens (tertiary/aromatic N) is 2. The van der Waals surface area contributed by atoms with Crippen molar-refractivity contribution in [3.05, 3.63) is 34.1 Å². The van der Waals surface area contributed by atoms with Crippen LogP contribution in [-0.2, 0) is 10.0 Å². The first-order chi connectivity index (χ1) is 10.2. The molecule has 1 aliphatic rings. The van der Waals surface area contributed by atoms with Gasteiger partial charge >= 0.3 is 0 Å². The van der Waals surface area contributed by atoms with Crippen molar-refractivity contribution in [3.8, 4) is 0 Å². The van der Waals surface area contributed by atoms with Crippen molar-refractivity contribution in [1.82, 2.24) is 4.31 Å². The van der Waals surface area contributed by atoms with Crippen molar-refractivity contribution in [1.29, 1.82) is 0 Å². The Morgan fingerprint density at radius 1 is 1.39 bits per heavy atom. The van der Waals surface area contributed by atoms with E-state index >= 15 is 0 Å². The molecule has 0 saturated carbocycles. The number of piperidine rings is 1. The molecular weight excluding hydrogens is 349 g/mol. The van der Waals surface area contributed by atoms with Crippen LogP contribution in [0, 0.1) is 21.8 Å². The molecule has 1 unspecified atom stereocenters. The van der Waals surface area contributed by atoms with Crippen LogP contribution in [0.1, 0.15) is 19.8 Å².